The minimum Gasteiger partial charge on any atom is -0.494 e. The molecular weight excluding hydrogens is 364 g/mol. The van der Waals surface area contributed by atoms with E-state index in [-0.39, 0.29) is 11.2 Å². The van der Waals surface area contributed by atoms with E-state index < -0.39 is 6.17 Å². The molecule has 124 valence electrons. The maximum Gasteiger partial charge on any atom is 0.158 e. The largest absolute Gasteiger partial charge is 0.494 e. The van der Waals surface area contributed by atoms with Crippen LogP contribution in [0.5, 0.6) is 5.75 Å². The van der Waals surface area contributed by atoms with Gasteiger partial charge in [-0.05, 0) is 27.6 Å². The van der Waals surface area contributed by atoms with Gasteiger partial charge < -0.3 is 27.3 Å². The second-order valence-electron chi connectivity index (χ2n) is 4.75. The summed E-state index contributed by atoms with van der Waals surface area (Å²) in [6, 6.07) is 3.36. The molecule has 1 aliphatic heterocycles. The van der Waals surface area contributed by atoms with Crippen LogP contribution < -0.4 is 38.1 Å². The standard InChI is InChI=1S/C13H19BrN8O/c1-23-9-3-7(16)6(4-15)2-8(9)22(19)13-10(11(14)17)12(18)20-5-21-13/h2-3,5,12,17H,4,15-16,18-19H2,1H3,(H,20,21). The van der Waals surface area contributed by atoms with Crippen LogP contribution in [-0.4, -0.2) is 24.2 Å². The highest BCUT2D eigenvalue weighted by Crippen LogP contribution is 2.34. The van der Waals surface area contributed by atoms with E-state index in [1.54, 1.807) is 12.1 Å². The molecule has 0 fully saturated rings. The molecule has 0 aliphatic carbocycles. The number of nitrogens with zero attached hydrogens (tertiary/aromatic N) is 2. The van der Waals surface area contributed by atoms with Crippen molar-refractivity contribution in [2.45, 2.75) is 12.7 Å². The van der Waals surface area contributed by atoms with Gasteiger partial charge >= 0.3 is 0 Å². The van der Waals surface area contributed by atoms with E-state index in [1.165, 1.54) is 18.5 Å². The van der Waals surface area contributed by atoms with Gasteiger partial charge in [0.25, 0.3) is 0 Å². The van der Waals surface area contributed by atoms with E-state index in [0.717, 1.165) is 5.56 Å². The fourth-order valence-corrected chi connectivity index (χ4v) is 2.59. The van der Waals surface area contributed by atoms with E-state index >= 15 is 0 Å². The van der Waals surface area contributed by atoms with Gasteiger partial charge in [0.1, 0.15) is 22.2 Å². The molecule has 1 heterocycles. The van der Waals surface area contributed by atoms with Crippen LogP contribution in [0.3, 0.4) is 0 Å². The molecule has 0 saturated carbocycles. The van der Waals surface area contributed by atoms with Crippen molar-refractivity contribution in [3.05, 3.63) is 29.1 Å². The monoisotopic (exact) mass is 382 g/mol. The molecule has 10 N–H and O–H groups in total. The summed E-state index contributed by atoms with van der Waals surface area (Å²) in [6.45, 7) is 0.251. The van der Waals surface area contributed by atoms with Crippen LogP contribution in [0, 0.1) is 5.41 Å². The number of methoxy groups -OCH3 is 1. The van der Waals surface area contributed by atoms with Crippen LogP contribution in [0.1, 0.15) is 5.56 Å². The van der Waals surface area contributed by atoms with E-state index in [9.17, 15) is 0 Å². The molecule has 0 amide bonds. The number of ether oxygens (including phenoxy) is 1. The number of aliphatic imine (C=N–C) groups is 1. The maximum atomic E-state index is 7.83. The Kier molecular flexibility index (Phi) is 5.21. The first-order valence-electron chi connectivity index (χ1n) is 6.64. The molecule has 23 heavy (non-hydrogen) atoms. The van der Waals surface area contributed by atoms with Gasteiger partial charge in [0.2, 0.25) is 0 Å². The number of rotatable bonds is 5. The highest BCUT2D eigenvalue weighted by molar-refractivity contribution is 9.18. The van der Waals surface area contributed by atoms with Gasteiger partial charge in [-0.25, -0.2) is 10.8 Å². The normalized spacial score (nSPS) is 17.0. The molecule has 0 saturated heterocycles. The molecule has 1 unspecified atom stereocenters. The number of hydrazine groups is 1. The van der Waals surface area contributed by atoms with Crippen LogP contribution in [0.25, 0.3) is 0 Å². The minimum atomic E-state index is -0.616. The summed E-state index contributed by atoms with van der Waals surface area (Å²) in [5.74, 6) is 6.97. The predicted molar refractivity (Wildman–Crippen MR) is 95.2 cm³/mol. The van der Waals surface area contributed by atoms with Gasteiger partial charge in [0.15, 0.2) is 5.82 Å². The minimum absolute atomic E-state index is 0.0771. The van der Waals surface area contributed by atoms with Crippen molar-refractivity contribution in [3.8, 4) is 5.75 Å². The number of halogens is 1. The Labute approximate surface area is 141 Å². The van der Waals surface area contributed by atoms with Crippen molar-refractivity contribution < 1.29 is 4.74 Å². The SMILES string of the molecule is COc1cc(N)c(CN)cc1N(N)C1=C(C(=N)Br)C(N)NC=N1. The third-order valence-electron chi connectivity index (χ3n) is 3.38. The second kappa shape index (κ2) is 6.96. The van der Waals surface area contributed by atoms with E-state index in [2.05, 4.69) is 26.2 Å². The lowest BCUT2D eigenvalue weighted by molar-refractivity contribution is 0.415. The molecule has 1 atom stereocenters. The Morgan fingerprint density at radius 3 is 2.78 bits per heavy atom. The van der Waals surface area contributed by atoms with Crippen LogP contribution in [0.2, 0.25) is 0 Å². The number of nitrogen functional groups attached to an aromatic ring is 1. The van der Waals surface area contributed by atoms with Crippen molar-refractivity contribution in [1.82, 2.24) is 5.32 Å². The Balaban J connectivity index is 2.59. The molecular formula is C13H19BrN8O. The molecule has 0 radical (unpaired) electrons. The van der Waals surface area contributed by atoms with Gasteiger partial charge in [-0.15, -0.1) is 0 Å². The molecule has 1 aromatic carbocycles. The first-order valence-corrected chi connectivity index (χ1v) is 7.44. The number of nitrogens with two attached hydrogens (primary N) is 4. The fourth-order valence-electron chi connectivity index (χ4n) is 2.17. The van der Waals surface area contributed by atoms with E-state index in [1.807, 2.05) is 0 Å². The Hall–Kier alpha value is -2.14. The van der Waals surface area contributed by atoms with Crippen molar-refractivity contribution in [2.75, 3.05) is 17.9 Å². The smallest absolute Gasteiger partial charge is 0.158 e. The number of benzene rings is 1. The lowest BCUT2D eigenvalue weighted by Crippen LogP contribution is -2.46. The van der Waals surface area contributed by atoms with Crippen molar-refractivity contribution in [2.24, 2.45) is 22.3 Å². The third-order valence-corrected chi connectivity index (χ3v) is 3.80. The third kappa shape index (κ3) is 3.29. The molecule has 9 nitrogen and oxygen atoms in total. The maximum absolute atomic E-state index is 7.83. The topological polar surface area (TPSA) is 165 Å². The zero-order valence-electron chi connectivity index (χ0n) is 12.5. The van der Waals surface area contributed by atoms with Crippen LogP contribution in [0.15, 0.2) is 28.5 Å². The summed E-state index contributed by atoms with van der Waals surface area (Å²) in [6.07, 6.45) is 0.807. The number of hydrogen-bond donors (Lipinski definition) is 6. The Morgan fingerprint density at radius 2 is 2.22 bits per heavy atom. The van der Waals surface area contributed by atoms with Crippen LogP contribution >= 0.6 is 15.9 Å². The average molecular weight is 383 g/mol. The highest BCUT2D eigenvalue weighted by Gasteiger charge is 2.25. The quantitative estimate of drug-likeness (QED) is 0.179. The van der Waals surface area contributed by atoms with E-state index in [0.29, 0.717) is 28.5 Å². The van der Waals surface area contributed by atoms with Gasteiger partial charge in [-0.2, -0.15) is 0 Å². The fraction of sp³-hybridized carbons (Fsp3) is 0.231. The van der Waals surface area contributed by atoms with Gasteiger partial charge in [-0.3, -0.25) is 10.4 Å². The number of hydrogen-bond acceptors (Lipinski definition) is 9. The number of anilines is 2. The zero-order valence-corrected chi connectivity index (χ0v) is 14.1. The Bertz CT molecular complexity index is 687. The highest BCUT2D eigenvalue weighted by atomic mass is 79.9. The molecule has 10 heteroatoms. The van der Waals surface area contributed by atoms with Gasteiger partial charge in [0.05, 0.1) is 19.0 Å². The number of nitrogens with one attached hydrogen (secondary N) is 2. The van der Waals surface area contributed by atoms with Crippen LogP contribution in [-0.2, 0) is 6.54 Å². The molecule has 1 aromatic rings. The molecule has 1 aliphatic rings. The first kappa shape index (κ1) is 17.2. The first-order chi connectivity index (χ1) is 10.9. The van der Waals surface area contributed by atoms with Crippen molar-refractivity contribution >= 4 is 38.3 Å². The van der Waals surface area contributed by atoms with E-state index in [4.69, 9.17) is 33.2 Å². The predicted octanol–water partition coefficient (Wildman–Crippen LogP) is -0.0837. The summed E-state index contributed by atoms with van der Waals surface area (Å²) in [5, 5.41) is 11.9. The summed E-state index contributed by atoms with van der Waals surface area (Å²) < 4.78 is 5.41. The average Bonchev–Trinajstić information content (AvgIpc) is 2.53. The van der Waals surface area contributed by atoms with Crippen molar-refractivity contribution in [3.63, 3.8) is 0 Å². The summed E-state index contributed by atoms with van der Waals surface area (Å²) in [5.41, 5.74) is 19.7. The van der Waals surface area contributed by atoms with Gasteiger partial charge in [-0.1, -0.05) is 0 Å². The Morgan fingerprint density at radius 1 is 1.52 bits per heavy atom. The zero-order chi connectivity index (χ0) is 17.1. The lowest BCUT2D eigenvalue weighted by atomic mass is 10.1. The lowest BCUT2D eigenvalue weighted by Gasteiger charge is -2.28. The molecule has 0 bridgehead atoms. The molecule has 0 aromatic heterocycles. The summed E-state index contributed by atoms with van der Waals surface area (Å²) in [7, 11) is 1.51. The summed E-state index contributed by atoms with van der Waals surface area (Å²) in [4.78, 5) is 4.19. The van der Waals surface area contributed by atoms with Gasteiger partial charge in [0, 0.05) is 18.3 Å². The molecule has 0 spiro atoms. The van der Waals surface area contributed by atoms with Crippen molar-refractivity contribution in [1.29, 1.82) is 5.41 Å². The second-order valence-corrected chi connectivity index (χ2v) is 5.54. The van der Waals surface area contributed by atoms with Crippen LogP contribution in [0.4, 0.5) is 11.4 Å². The molecule has 2 rings (SSSR count). The summed E-state index contributed by atoms with van der Waals surface area (Å²) >= 11 is 3.11.